The maximum atomic E-state index is 5.41. The second-order valence-corrected chi connectivity index (χ2v) is 5.74. The minimum absolute atomic E-state index is 0.466. The fourth-order valence-corrected chi connectivity index (χ4v) is 3.52. The van der Waals surface area contributed by atoms with Gasteiger partial charge in [0, 0.05) is 24.1 Å². The van der Waals surface area contributed by atoms with Crippen molar-refractivity contribution in [2.75, 3.05) is 24.6 Å². The van der Waals surface area contributed by atoms with Crippen molar-refractivity contribution >= 4 is 11.8 Å². The summed E-state index contributed by atoms with van der Waals surface area (Å²) in [5, 5.41) is 7.47. The van der Waals surface area contributed by atoms with Gasteiger partial charge in [0.25, 0.3) is 0 Å². The maximum Gasteiger partial charge on any atom is 0.230 e. The summed E-state index contributed by atoms with van der Waals surface area (Å²) in [4.78, 5) is 4.58. The van der Waals surface area contributed by atoms with E-state index < -0.39 is 0 Å². The average Bonchev–Trinajstić information content (AvgIpc) is 3.01. The van der Waals surface area contributed by atoms with Crippen molar-refractivity contribution in [3.63, 3.8) is 0 Å². The van der Waals surface area contributed by atoms with Crippen LogP contribution in [0.5, 0.6) is 0 Å². The predicted octanol–water partition coefficient (Wildman–Crippen LogP) is 1.76. The third-order valence-corrected chi connectivity index (χ3v) is 4.61. The first-order chi connectivity index (χ1) is 7.93. The normalized spacial score (nSPS) is 30.8. The fourth-order valence-electron chi connectivity index (χ4n) is 2.39. The highest BCUT2D eigenvalue weighted by Gasteiger charge is 2.26. The number of nitrogens with one attached hydrogen (secondary N) is 1. The largest absolute Gasteiger partial charge is 0.339 e. The van der Waals surface area contributed by atoms with Gasteiger partial charge in [-0.05, 0) is 31.6 Å². The molecule has 1 aromatic heterocycles. The third kappa shape index (κ3) is 2.11. The van der Waals surface area contributed by atoms with E-state index in [4.69, 9.17) is 4.52 Å². The third-order valence-electron chi connectivity index (χ3n) is 3.39. The van der Waals surface area contributed by atoms with Crippen LogP contribution in [0.25, 0.3) is 0 Å². The molecule has 0 aromatic carbocycles. The fraction of sp³-hybridized carbons (Fsp3) is 0.818. The number of thioether (sulfide) groups is 1. The van der Waals surface area contributed by atoms with Crippen LogP contribution in [-0.4, -0.2) is 34.7 Å². The van der Waals surface area contributed by atoms with Crippen LogP contribution in [-0.2, 0) is 0 Å². The standard InChI is InChI=1S/C11H17N3OS/c1-2-9(7-16-5-1)11-13-10(14-15-11)8-3-4-12-6-8/h8-9,12H,1-7H2. The molecule has 88 valence electrons. The first-order valence-electron chi connectivity index (χ1n) is 6.05. The quantitative estimate of drug-likeness (QED) is 0.852. The van der Waals surface area contributed by atoms with Gasteiger partial charge in [-0.25, -0.2) is 0 Å². The monoisotopic (exact) mass is 239 g/mol. The summed E-state index contributed by atoms with van der Waals surface area (Å²) in [6.45, 7) is 2.08. The van der Waals surface area contributed by atoms with Gasteiger partial charge < -0.3 is 9.84 Å². The van der Waals surface area contributed by atoms with Gasteiger partial charge in [-0.3, -0.25) is 0 Å². The van der Waals surface area contributed by atoms with Gasteiger partial charge in [0.05, 0.1) is 0 Å². The molecule has 2 aliphatic heterocycles. The molecule has 1 aromatic rings. The van der Waals surface area contributed by atoms with Gasteiger partial charge in [-0.2, -0.15) is 16.7 Å². The highest BCUT2D eigenvalue weighted by atomic mass is 32.2. The Morgan fingerprint density at radius 3 is 3.06 bits per heavy atom. The van der Waals surface area contributed by atoms with Crippen molar-refractivity contribution in [3.8, 4) is 0 Å². The van der Waals surface area contributed by atoms with Crippen molar-refractivity contribution in [1.82, 2.24) is 15.5 Å². The maximum absolute atomic E-state index is 5.41. The van der Waals surface area contributed by atoms with E-state index in [9.17, 15) is 0 Å². The molecule has 2 saturated heterocycles. The molecule has 2 aliphatic rings. The minimum Gasteiger partial charge on any atom is -0.339 e. The molecule has 0 spiro atoms. The molecule has 4 nitrogen and oxygen atoms in total. The Bertz CT molecular complexity index is 343. The molecule has 3 heterocycles. The summed E-state index contributed by atoms with van der Waals surface area (Å²) in [5.41, 5.74) is 0. The van der Waals surface area contributed by atoms with E-state index in [1.165, 1.54) is 18.6 Å². The van der Waals surface area contributed by atoms with Crippen LogP contribution in [0.2, 0.25) is 0 Å². The van der Waals surface area contributed by atoms with Crippen molar-refractivity contribution in [2.24, 2.45) is 0 Å². The van der Waals surface area contributed by atoms with E-state index in [1.807, 2.05) is 11.8 Å². The van der Waals surface area contributed by atoms with E-state index in [0.717, 1.165) is 37.0 Å². The molecule has 0 bridgehead atoms. The van der Waals surface area contributed by atoms with Gasteiger partial charge in [-0.15, -0.1) is 0 Å². The van der Waals surface area contributed by atoms with Crippen molar-refractivity contribution in [3.05, 3.63) is 11.7 Å². The Balaban J connectivity index is 1.71. The molecule has 0 saturated carbocycles. The Hall–Kier alpha value is -0.550. The molecular weight excluding hydrogens is 222 g/mol. The minimum atomic E-state index is 0.466. The molecule has 16 heavy (non-hydrogen) atoms. The molecule has 2 unspecified atom stereocenters. The Kier molecular flexibility index (Phi) is 3.15. The first kappa shape index (κ1) is 10.6. The summed E-state index contributed by atoms with van der Waals surface area (Å²) < 4.78 is 5.41. The summed E-state index contributed by atoms with van der Waals surface area (Å²) in [7, 11) is 0. The molecule has 0 radical (unpaired) electrons. The highest BCUT2D eigenvalue weighted by molar-refractivity contribution is 7.99. The topological polar surface area (TPSA) is 51.0 Å². The zero-order chi connectivity index (χ0) is 10.8. The molecule has 3 rings (SSSR count). The lowest BCUT2D eigenvalue weighted by Gasteiger charge is -2.16. The number of hydrogen-bond donors (Lipinski definition) is 1. The van der Waals surface area contributed by atoms with Gasteiger partial charge in [0.2, 0.25) is 5.89 Å². The Labute approximate surface area is 99.6 Å². The Morgan fingerprint density at radius 2 is 2.31 bits per heavy atom. The van der Waals surface area contributed by atoms with E-state index in [1.54, 1.807) is 0 Å². The Morgan fingerprint density at radius 1 is 1.31 bits per heavy atom. The van der Waals surface area contributed by atoms with Crippen LogP contribution in [0.15, 0.2) is 4.52 Å². The van der Waals surface area contributed by atoms with Crippen molar-refractivity contribution < 1.29 is 4.52 Å². The summed E-state index contributed by atoms with van der Waals surface area (Å²) >= 11 is 2.00. The summed E-state index contributed by atoms with van der Waals surface area (Å²) in [5.74, 6) is 5.17. The van der Waals surface area contributed by atoms with Gasteiger partial charge in [0.15, 0.2) is 5.82 Å². The van der Waals surface area contributed by atoms with Crippen molar-refractivity contribution in [1.29, 1.82) is 0 Å². The molecule has 2 fully saturated rings. The molecule has 5 heteroatoms. The highest BCUT2D eigenvalue weighted by Crippen LogP contribution is 2.31. The second-order valence-electron chi connectivity index (χ2n) is 4.59. The number of rotatable bonds is 2. The van der Waals surface area contributed by atoms with Crippen LogP contribution < -0.4 is 5.32 Å². The van der Waals surface area contributed by atoms with Crippen LogP contribution in [0.1, 0.15) is 42.8 Å². The predicted molar refractivity (Wildman–Crippen MR) is 63.8 cm³/mol. The van der Waals surface area contributed by atoms with E-state index >= 15 is 0 Å². The van der Waals surface area contributed by atoms with Crippen LogP contribution >= 0.6 is 11.8 Å². The van der Waals surface area contributed by atoms with Gasteiger partial charge in [-0.1, -0.05) is 5.16 Å². The van der Waals surface area contributed by atoms with E-state index in [2.05, 4.69) is 15.5 Å². The number of nitrogens with zero attached hydrogens (tertiary/aromatic N) is 2. The van der Waals surface area contributed by atoms with E-state index in [-0.39, 0.29) is 0 Å². The smallest absolute Gasteiger partial charge is 0.230 e. The van der Waals surface area contributed by atoms with Gasteiger partial charge in [0.1, 0.15) is 0 Å². The van der Waals surface area contributed by atoms with Crippen molar-refractivity contribution in [2.45, 2.75) is 31.1 Å². The molecule has 1 N–H and O–H groups in total. The second kappa shape index (κ2) is 4.75. The molecule has 2 atom stereocenters. The first-order valence-corrected chi connectivity index (χ1v) is 7.21. The molecule has 0 amide bonds. The van der Waals surface area contributed by atoms with Crippen LogP contribution in [0, 0.1) is 0 Å². The average molecular weight is 239 g/mol. The molecular formula is C11H17N3OS. The zero-order valence-electron chi connectivity index (χ0n) is 9.32. The number of hydrogen-bond acceptors (Lipinski definition) is 5. The van der Waals surface area contributed by atoms with Gasteiger partial charge >= 0.3 is 0 Å². The lowest BCUT2D eigenvalue weighted by molar-refractivity contribution is 0.347. The molecule has 0 aliphatic carbocycles. The lowest BCUT2D eigenvalue weighted by Crippen LogP contribution is -2.10. The van der Waals surface area contributed by atoms with Crippen LogP contribution in [0.3, 0.4) is 0 Å². The van der Waals surface area contributed by atoms with E-state index in [0.29, 0.717) is 11.8 Å². The zero-order valence-corrected chi connectivity index (χ0v) is 10.1. The summed E-state index contributed by atoms with van der Waals surface area (Å²) in [6.07, 6.45) is 3.62. The lowest BCUT2D eigenvalue weighted by atomic mass is 10.1. The van der Waals surface area contributed by atoms with Crippen LogP contribution in [0.4, 0.5) is 0 Å². The SMILES string of the molecule is C1CSCC(c2nc(C3CCNC3)no2)C1. The summed E-state index contributed by atoms with van der Waals surface area (Å²) in [6, 6.07) is 0. The number of aromatic nitrogens is 2.